The van der Waals surface area contributed by atoms with Crippen molar-refractivity contribution in [1.29, 1.82) is 0 Å². The Bertz CT molecular complexity index is 1590. The summed E-state index contributed by atoms with van der Waals surface area (Å²) in [4.78, 5) is 0. The van der Waals surface area contributed by atoms with Crippen LogP contribution in [0.2, 0.25) is 0 Å². The monoisotopic (exact) mass is 460 g/mol. The minimum absolute atomic E-state index is 0.279. The second kappa shape index (κ2) is 7.45. The van der Waals surface area contributed by atoms with Crippen molar-refractivity contribution in [2.75, 3.05) is 0 Å². The molecule has 1 saturated heterocycles. The number of hydrogen-bond donors (Lipinski definition) is 0. The predicted octanol–water partition coefficient (Wildman–Crippen LogP) is 6.18. The molecule has 0 spiro atoms. The van der Waals surface area contributed by atoms with Gasteiger partial charge in [-0.2, -0.15) is 0 Å². The Hall–Kier alpha value is -2.62. The molecule has 0 amide bonds. The number of rotatable bonds is 2. The summed E-state index contributed by atoms with van der Waals surface area (Å²) in [7, 11) is -0.279. The van der Waals surface area contributed by atoms with Crippen LogP contribution >= 0.6 is 0 Å². The molecule has 0 radical (unpaired) electrons. The standard InChI is InChI=1S/C32H33BO2/c1-31(2)32(3,4)35-33(34-31)28-17-16-25-23-13-8-12-21-18-22(20-10-6-5-7-11-20)19-27(29(21)23)24-14-9-15-26(28)30(24)25/h6,9-12,14-15,18-19H,5,7-8,13,16-17H2,1-4H3. The first-order chi connectivity index (χ1) is 16.8. The maximum Gasteiger partial charge on any atom is 0.491 e. The second-order valence-electron chi connectivity index (χ2n) is 11.7. The molecule has 3 heteroatoms. The van der Waals surface area contributed by atoms with E-state index in [1.807, 2.05) is 0 Å². The van der Waals surface area contributed by atoms with Gasteiger partial charge >= 0.3 is 7.12 Å². The largest absolute Gasteiger partial charge is 0.491 e. The Morgan fingerprint density at radius 2 is 1.57 bits per heavy atom. The highest BCUT2D eigenvalue weighted by Gasteiger charge is 2.52. The Balaban J connectivity index is 1.55. The topological polar surface area (TPSA) is 18.5 Å². The third-order valence-electron chi connectivity index (χ3n) is 9.11. The predicted molar refractivity (Wildman–Crippen MR) is 148 cm³/mol. The van der Waals surface area contributed by atoms with Crippen molar-refractivity contribution in [3.05, 3.63) is 75.7 Å². The third-order valence-corrected chi connectivity index (χ3v) is 9.11. The van der Waals surface area contributed by atoms with Crippen LogP contribution in [-0.4, -0.2) is 18.3 Å². The fraction of sp³-hybridized carbons (Fsp3) is 0.375. The molecule has 1 aliphatic heterocycles. The summed E-state index contributed by atoms with van der Waals surface area (Å²) in [6.07, 6.45) is 16.1. The highest BCUT2D eigenvalue weighted by molar-refractivity contribution is 6.66. The Labute approximate surface area is 208 Å². The maximum absolute atomic E-state index is 6.54. The third kappa shape index (κ3) is 3.11. The molecule has 3 aromatic rings. The Kier molecular flexibility index (Phi) is 4.61. The second-order valence-corrected chi connectivity index (χ2v) is 11.7. The lowest BCUT2D eigenvalue weighted by Gasteiger charge is -2.32. The summed E-state index contributed by atoms with van der Waals surface area (Å²) < 4.78 is 13.1. The van der Waals surface area contributed by atoms with Gasteiger partial charge in [0.1, 0.15) is 0 Å². The van der Waals surface area contributed by atoms with Gasteiger partial charge in [-0.1, -0.05) is 42.5 Å². The van der Waals surface area contributed by atoms with E-state index in [2.05, 4.69) is 82.3 Å². The van der Waals surface area contributed by atoms with Crippen LogP contribution in [0, 0.1) is 0 Å². The zero-order chi connectivity index (χ0) is 23.9. The van der Waals surface area contributed by atoms with Crippen molar-refractivity contribution >= 4 is 45.8 Å². The summed E-state index contributed by atoms with van der Waals surface area (Å²) in [5.74, 6) is 0. The number of aryl methyl sites for hydroxylation is 2. The van der Waals surface area contributed by atoms with E-state index in [-0.39, 0.29) is 18.3 Å². The Morgan fingerprint density at radius 3 is 2.34 bits per heavy atom. The van der Waals surface area contributed by atoms with E-state index in [1.54, 1.807) is 11.1 Å². The van der Waals surface area contributed by atoms with Crippen molar-refractivity contribution < 1.29 is 9.31 Å². The van der Waals surface area contributed by atoms with Crippen molar-refractivity contribution in [3.8, 4) is 0 Å². The number of fused-ring (bicyclic) bond motifs is 2. The smallest absolute Gasteiger partial charge is 0.400 e. The van der Waals surface area contributed by atoms with Gasteiger partial charge in [0.2, 0.25) is 0 Å². The summed E-state index contributed by atoms with van der Waals surface area (Å²) in [6.45, 7) is 8.60. The lowest BCUT2D eigenvalue weighted by atomic mass is 9.69. The lowest BCUT2D eigenvalue weighted by Crippen LogP contribution is -2.41. The normalized spacial score (nSPS) is 22.0. The van der Waals surface area contributed by atoms with Crippen LogP contribution < -0.4 is 10.4 Å². The minimum Gasteiger partial charge on any atom is -0.400 e. The average molecular weight is 460 g/mol. The summed E-state index contributed by atoms with van der Waals surface area (Å²) in [5, 5.41) is 8.45. The van der Waals surface area contributed by atoms with Crippen molar-refractivity contribution in [2.45, 2.75) is 77.4 Å². The highest BCUT2D eigenvalue weighted by atomic mass is 16.7. The quantitative estimate of drug-likeness (QED) is 0.336. The van der Waals surface area contributed by atoms with Gasteiger partial charge in [0.05, 0.1) is 11.2 Å². The van der Waals surface area contributed by atoms with Crippen molar-refractivity contribution in [1.82, 2.24) is 0 Å². The molecule has 3 aliphatic carbocycles. The van der Waals surface area contributed by atoms with Crippen LogP contribution in [0.4, 0.5) is 0 Å². The molecule has 0 aromatic heterocycles. The molecular weight excluding hydrogens is 427 g/mol. The molecule has 0 saturated carbocycles. The van der Waals surface area contributed by atoms with Crippen LogP contribution in [0.5, 0.6) is 0 Å². The van der Waals surface area contributed by atoms with E-state index in [4.69, 9.17) is 9.31 Å². The summed E-state index contributed by atoms with van der Waals surface area (Å²) in [6, 6.07) is 11.8. The van der Waals surface area contributed by atoms with Gasteiger partial charge < -0.3 is 9.31 Å². The summed E-state index contributed by atoms with van der Waals surface area (Å²) in [5.41, 5.74) is 6.50. The van der Waals surface area contributed by atoms with Crippen LogP contribution in [0.15, 0.2) is 48.6 Å². The van der Waals surface area contributed by atoms with Gasteiger partial charge in [0.25, 0.3) is 0 Å². The Morgan fingerprint density at radius 1 is 0.771 bits per heavy atom. The summed E-state index contributed by atoms with van der Waals surface area (Å²) >= 11 is 0. The fourth-order valence-electron chi connectivity index (χ4n) is 6.59. The SMILES string of the molecule is CC1(C)OB(C2=c3cccc4c3c(c3c5c(cc(C6=CCCC=C6)cc54)=CCC3)CC2)OC1(C)C. The molecule has 2 nitrogen and oxygen atoms in total. The van der Waals surface area contributed by atoms with Gasteiger partial charge in [0, 0.05) is 0 Å². The van der Waals surface area contributed by atoms with Crippen molar-refractivity contribution in [3.63, 3.8) is 0 Å². The number of hydrogen-bond acceptors (Lipinski definition) is 2. The molecule has 35 heavy (non-hydrogen) atoms. The minimum atomic E-state index is -0.324. The van der Waals surface area contributed by atoms with Crippen molar-refractivity contribution in [2.24, 2.45) is 0 Å². The maximum atomic E-state index is 6.54. The molecule has 0 atom stereocenters. The van der Waals surface area contributed by atoms with E-state index in [0.717, 1.165) is 38.5 Å². The molecule has 1 heterocycles. The number of benzene rings is 3. The molecular formula is C32H33BO2. The van der Waals surface area contributed by atoms with Crippen LogP contribution in [-0.2, 0) is 22.2 Å². The van der Waals surface area contributed by atoms with Crippen LogP contribution in [0.3, 0.4) is 0 Å². The average Bonchev–Trinajstić information content (AvgIpc) is 3.08. The van der Waals surface area contributed by atoms with Gasteiger partial charge in [0.15, 0.2) is 0 Å². The fourth-order valence-corrected chi connectivity index (χ4v) is 6.59. The van der Waals surface area contributed by atoms with E-state index in [0.29, 0.717) is 0 Å². The van der Waals surface area contributed by atoms with E-state index in [9.17, 15) is 0 Å². The highest BCUT2D eigenvalue weighted by Crippen LogP contribution is 2.42. The zero-order valence-electron chi connectivity index (χ0n) is 21.3. The molecule has 176 valence electrons. The van der Waals surface area contributed by atoms with E-state index < -0.39 is 0 Å². The molecule has 0 N–H and O–H groups in total. The van der Waals surface area contributed by atoms with Gasteiger partial charge in [-0.3, -0.25) is 0 Å². The van der Waals surface area contributed by atoms with E-state index >= 15 is 0 Å². The molecule has 0 unspecified atom stereocenters. The zero-order valence-corrected chi connectivity index (χ0v) is 21.3. The number of allylic oxidation sites excluding steroid dienone is 4. The van der Waals surface area contributed by atoms with E-state index in [1.165, 1.54) is 48.6 Å². The molecule has 0 bridgehead atoms. The first-order valence-electron chi connectivity index (χ1n) is 13.3. The lowest BCUT2D eigenvalue weighted by molar-refractivity contribution is 0.00578. The first kappa shape index (κ1) is 21.7. The molecule has 1 fully saturated rings. The van der Waals surface area contributed by atoms with Gasteiger partial charge in [-0.15, -0.1) is 0 Å². The molecule has 3 aromatic carbocycles. The molecule has 7 rings (SSSR count). The van der Waals surface area contributed by atoms with Gasteiger partial charge in [-0.05, 0) is 138 Å². The molecule has 4 aliphatic rings. The van der Waals surface area contributed by atoms with Crippen LogP contribution in [0.25, 0.3) is 38.7 Å². The first-order valence-corrected chi connectivity index (χ1v) is 13.3. The van der Waals surface area contributed by atoms with Gasteiger partial charge in [-0.25, -0.2) is 0 Å². The van der Waals surface area contributed by atoms with Crippen LogP contribution in [0.1, 0.15) is 70.1 Å².